The maximum Gasteiger partial charge on any atom is 0.140 e. The van der Waals surface area contributed by atoms with Crippen LogP contribution in [-0.4, -0.2) is 25.3 Å². The topological polar surface area (TPSA) is 77.6 Å². The van der Waals surface area contributed by atoms with Crippen molar-refractivity contribution < 1.29 is 13.9 Å². The van der Waals surface area contributed by atoms with Gasteiger partial charge in [0.15, 0.2) is 0 Å². The van der Waals surface area contributed by atoms with Crippen molar-refractivity contribution >= 4 is 23.1 Å². The van der Waals surface area contributed by atoms with E-state index in [0.29, 0.717) is 22.7 Å². The van der Waals surface area contributed by atoms with E-state index in [2.05, 4.69) is 20.2 Å². The fourth-order valence-corrected chi connectivity index (χ4v) is 2.69. The third-order valence-electron chi connectivity index (χ3n) is 4.04. The van der Waals surface area contributed by atoms with Crippen LogP contribution < -0.4 is 0 Å². The van der Waals surface area contributed by atoms with Gasteiger partial charge in [0.05, 0.1) is 35.3 Å². The minimum Gasteiger partial charge on any atom is -0.390 e. The summed E-state index contributed by atoms with van der Waals surface area (Å²) in [6, 6.07) is 9.08. The second-order valence-corrected chi connectivity index (χ2v) is 5.79. The molecule has 4 aromatic rings. The molecule has 3 N–H and O–H groups in total. The molecule has 0 amide bonds. The summed E-state index contributed by atoms with van der Waals surface area (Å²) < 4.78 is 27.4. The van der Waals surface area contributed by atoms with Crippen molar-refractivity contribution in [2.75, 3.05) is 0 Å². The van der Waals surface area contributed by atoms with Crippen LogP contribution in [0.5, 0.6) is 0 Å². The van der Waals surface area contributed by atoms with Gasteiger partial charge in [-0.2, -0.15) is 5.10 Å². The summed E-state index contributed by atoms with van der Waals surface area (Å²) in [5, 5.41) is 16.9. The van der Waals surface area contributed by atoms with E-state index in [1.165, 1.54) is 24.4 Å². The summed E-state index contributed by atoms with van der Waals surface area (Å²) in [7, 11) is 0. The number of benzene rings is 2. The lowest BCUT2D eigenvalue weighted by molar-refractivity contribution is 0.277. The number of halogens is 2. The van der Waals surface area contributed by atoms with Crippen LogP contribution in [0.4, 0.5) is 8.78 Å². The molecule has 0 fully saturated rings. The Morgan fingerprint density at radius 3 is 2.62 bits per heavy atom. The molecule has 0 spiro atoms. The van der Waals surface area contributed by atoms with Crippen LogP contribution in [-0.2, 0) is 6.61 Å². The molecule has 0 saturated carbocycles. The molecule has 26 heavy (non-hydrogen) atoms. The van der Waals surface area contributed by atoms with E-state index in [1.807, 2.05) is 0 Å². The van der Waals surface area contributed by atoms with E-state index in [4.69, 9.17) is 5.11 Å². The quantitative estimate of drug-likeness (QED) is 0.521. The Bertz CT molecular complexity index is 1100. The minimum absolute atomic E-state index is 0.200. The number of nitrogens with one attached hydrogen (secondary N) is 2. The van der Waals surface area contributed by atoms with Crippen molar-refractivity contribution in [1.29, 1.82) is 0 Å². The van der Waals surface area contributed by atoms with E-state index in [9.17, 15) is 8.78 Å². The van der Waals surface area contributed by atoms with Crippen LogP contribution in [0.25, 0.3) is 34.4 Å². The predicted molar refractivity (Wildman–Crippen MR) is 94.9 cm³/mol. The molecular weight excluding hydrogens is 338 g/mol. The highest BCUT2D eigenvalue weighted by Gasteiger charge is 2.13. The summed E-state index contributed by atoms with van der Waals surface area (Å²) in [5.74, 6) is -0.412. The molecule has 0 unspecified atom stereocenters. The summed E-state index contributed by atoms with van der Waals surface area (Å²) in [5.41, 5.74) is 2.79. The van der Waals surface area contributed by atoms with Gasteiger partial charge in [-0.05, 0) is 29.8 Å². The lowest BCUT2D eigenvalue weighted by Crippen LogP contribution is -1.88. The van der Waals surface area contributed by atoms with Crippen molar-refractivity contribution in [2.24, 2.45) is 0 Å². The van der Waals surface area contributed by atoms with Crippen LogP contribution >= 0.6 is 0 Å². The molecule has 2 aromatic carbocycles. The van der Waals surface area contributed by atoms with Crippen LogP contribution in [0.1, 0.15) is 17.0 Å². The number of aliphatic hydroxyl groups excluding tert-OH is 1. The number of nitrogens with zero attached hydrogens (tertiary/aromatic N) is 2. The van der Waals surface area contributed by atoms with Gasteiger partial charge in [-0.1, -0.05) is 18.2 Å². The van der Waals surface area contributed by atoms with E-state index in [0.717, 1.165) is 10.9 Å². The fraction of sp³-hybridized carbons (Fsp3) is 0.0526. The zero-order valence-corrected chi connectivity index (χ0v) is 13.5. The molecule has 7 heteroatoms. The lowest BCUT2D eigenvalue weighted by atomic mass is 10.1. The summed E-state index contributed by atoms with van der Waals surface area (Å²) >= 11 is 0. The monoisotopic (exact) mass is 352 g/mol. The number of aliphatic hydroxyl groups is 1. The van der Waals surface area contributed by atoms with Gasteiger partial charge in [0.2, 0.25) is 0 Å². The fourth-order valence-electron chi connectivity index (χ4n) is 2.69. The van der Waals surface area contributed by atoms with Crippen LogP contribution in [0.2, 0.25) is 0 Å². The second kappa shape index (κ2) is 6.53. The first-order valence-corrected chi connectivity index (χ1v) is 7.90. The van der Waals surface area contributed by atoms with Gasteiger partial charge < -0.3 is 10.1 Å². The van der Waals surface area contributed by atoms with E-state index < -0.39 is 5.82 Å². The molecule has 0 aliphatic carbocycles. The summed E-state index contributed by atoms with van der Waals surface area (Å²) in [6.07, 6.45) is 5.04. The first kappa shape index (κ1) is 16.2. The third-order valence-corrected chi connectivity index (χ3v) is 4.04. The lowest BCUT2D eigenvalue weighted by Gasteiger charge is -2.01. The average Bonchev–Trinajstić information content (AvgIpc) is 3.27. The van der Waals surface area contributed by atoms with E-state index in [-0.39, 0.29) is 18.0 Å². The van der Waals surface area contributed by atoms with Crippen molar-refractivity contribution in [2.45, 2.75) is 6.61 Å². The Labute approximate surface area is 147 Å². The van der Waals surface area contributed by atoms with E-state index >= 15 is 0 Å². The number of aromatic amines is 2. The Hall–Kier alpha value is -3.32. The molecule has 0 radical (unpaired) electrons. The average molecular weight is 352 g/mol. The number of H-pyrrole nitrogens is 2. The van der Waals surface area contributed by atoms with Crippen LogP contribution in [0, 0.1) is 11.6 Å². The highest BCUT2D eigenvalue weighted by molar-refractivity contribution is 5.92. The third kappa shape index (κ3) is 3.00. The Morgan fingerprint density at radius 2 is 1.88 bits per heavy atom. The van der Waals surface area contributed by atoms with Gasteiger partial charge >= 0.3 is 0 Å². The highest BCUT2D eigenvalue weighted by Crippen LogP contribution is 2.27. The Balaban J connectivity index is 1.74. The smallest absolute Gasteiger partial charge is 0.140 e. The van der Waals surface area contributed by atoms with Crippen molar-refractivity contribution in [3.8, 4) is 11.4 Å². The van der Waals surface area contributed by atoms with Gasteiger partial charge in [-0.15, -0.1) is 0 Å². The molecule has 5 nitrogen and oxygen atoms in total. The first-order valence-electron chi connectivity index (χ1n) is 7.90. The molecule has 0 aliphatic heterocycles. The molecule has 130 valence electrons. The van der Waals surface area contributed by atoms with Gasteiger partial charge in [0.25, 0.3) is 0 Å². The molecule has 4 rings (SSSR count). The van der Waals surface area contributed by atoms with Gasteiger partial charge in [-0.3, -0.25) is 5.10 Å². The van der Waals surface area contributed by atoms with Gasteiger partial charge in [0.1, 0.15) is 17.5 Å². The SMILES string of the molecule is OCc1cnc(-c2cc3c(C=Cc4ccc(F)cc4)n[nH]c3cc2F)[nH]1. The molecule has 2 aromatic heterocycles. The number of aromatic nitrogens is 4. The van der Waals surface area contributed by atoms with Crippen molar-refractivity contribution in [1.82, 2.24) is 20.2 Å². The van der Waals surface area contributed by atoms with Gasteiger partial charge in [0, 0.05) is 11.5 Å². The summed E-state index contributed by atoms with van der Waals surface area (Å²) in [4.78, 5) is 6.98. The van der Waals surface area contributed by atoms with Crippen molar-refractivity contribution in [3.05, 3.63) is 71.2 Å². The zero-order chi connectivity index (χ0) is 18.1. The Morgan fingerprint density at radius 1 is 1.08 bits per heavy atom. The number of rotatable bonds is 4. The summed E-state index contributed by atoms with van der Waals surface area (Å²) in [6.45, 7) is -0.200. The number of fused-ring (bicyclic) bond motifs is 1. The second-order valence-electron chi connectivity index (χ2n) is 5.79. The predicted octanol–water partition coefficient (Wildman–Crippen LogP) is 3.89. The maximum absolute atomic E-state index is 14.4. The molecule has 0 aliphatic rings. The number of imidazole rings is 1. The standard InChI is InChI=1S/C19H14F2N4O/c20-12-4-1-11(2-5-12)3-6-17-15-7-14(16(21)8-18(15)25-24-17)19-22-9-13(10-26)23-19/h1-9,26H,10H2,(H,22,23)(H,24,25). The molecular formula is C19H14F2N4O. The largest absolute Gasteiger partial charge is 0.390 e. The molecule has 0 bridgehead atoms. The van der Waals surface area contributed by atoms with Crippen LogP contribution in [0.3, 0.4) is 0 Å². The van der Waals surface area contributed by atoms with Gasteiger partial charge in [-0.25, -0.2) is 13.8 Å². The van der Waals surface area contributed by atoms with Crippen LogP contribution in [0.15, 0.2) is 42.6 Å². The molecule has 0 atom stereocenters. The number of hydrogen-bond donors (Lipinski definition) is 3. The molecule has 0 saturated heterocycles. The Kier molecular flexibility index (Phi) is 4.06. The normalized spacial score (nSPS) is 11.7. The first-order chi connectivity index (χ1) is 12.6. The minimum atomic E-state index is -0.450. The highest BCUT2D eigenvalue weighted by atomic mass is 19.1. The van der Waals surface area contributed by atoms with E-state index in [1.54, 1.807) is 30.4 Å². The van der Waals surface area contributed by atoms with Crippen molar-refractivity contribution in [3.63, 3.8) is 0 Å². The zero-order valence-electron chi connectivity index (χ0n) is 13.5. The number of hydrogen-bond acceptors (Lipinski definition) is 3. The molecule has 2 heterocycles. The maximum atomic E-state index is 14.4.